The lowest BCUT2D eigenvalue weighted by atomic mass is 9.99. The zero-order chi connectivity index (χ0) is 28.6. The number of aromatic amines is 1. The van der Waals surface area contributed by atoms with Crippen molar-refractivity contribution in [3.8, 4) is 22.5 Å². The summed E-state index contributed by atoms with van der Waals surface area (Å²) in [6.45, 7) is 0. The lowest BCUT2D eigenvalue weighted by Crippen LogP contribution is -2.21. The predicted molar refractivity (Wildman–Crippen MR) is 119 cm³/mol. The molecule has 0 saturated heterocycles. The van der Waals surface area contributed by atoms with E-state index in [0.29, 0.717) is 12.1 Å². The minimum atomic E-state index is -5.13. The largest absolute Gasteiger partial charge is 0.416 e. The number of H-pyrrole nitrogens is 1. The van der Waals surface area contributed by atoms with Gasteiger partial charge in [-0.1, -0.05) is 18.2 Å². The molecule has 0 bridgehead atoms. The zero-order valence-electron chi connectivity index (χ0n) is 18.9. The number of rotatable bonds is 4. The first-order valence-electron chi connectivity index (χ1n) is 10.5. The van der Waals surface area contributed by atoms with Gasteiger partial charge in [0.05, 0.1) is 22.4 Å². The van der Waals surface area contributed by atoms with Crippen LogP contribution in [0.3, 0.4) is 0 Å². The third kappa shape index (κ3) is 6.45. The number of carbonyl (C=O) groups excluding carboxylic acids is 1. The molecule has 0 aliphatic rings. The van der Waals surface area contributed by atoms with Crippen LogP contribution in [0.1, 0.15) is 16.7 Å². The van der Waals surface area contributed by atoms with E-state index in [1.165, 1.54) is 30.3 Å². The number of hydrogen-bond acceptors (Lipinski definition) is 4. The molecule has 0 aliphatic heterocycles. The van der Waals surface area contributed by atoms with Crippen LogP contribution in [0.15, 0.2) is 60.7 Å². The van der Waals surface area contributed by atoms with Crippen LogP contribution in [0, 0.1) is 0 Å². The first-order valence-corrected chi connectivity index (χ1v) is 10.5. The van der Waals surface area contributed by atoms with E-state index >= 15 is 0 Å². The Morgan fingerprint density at radius 1 is 0.692 bits per heavy atom. The highest BCUT2D eigenvalue weighted by molar-refractivity contribution is 6.02. The lowest BCUT2D eigenvalue weighted by Gasteiger charge is -2.16. The third-order valence-electron chi connectivity index (χ3n) is 5.24. The highest BCUT2D eigenvalue weighted by atomic mass is 19.4. The van der Waals surface area contributed by atoms with Gasteiger partial charge in [0.15, 0.2) is 5.82 Å². The standard InChI is InChI=1S/C23H13F9N6O/c24-21(25,26)13-3-1-2-11(6-13)12-4-5-18(17(7-12)19-35-37-38-36-19)34-20(39)33-16-9-14(22(27,28)29)8-15(10-16)23(30,31)32/h1-10H,(H2,33,34,39)(H,35,36,37,38). The predicted octanol–water partition coefficient (Wildman–Crippen LogP) is 7.23. The van der Waals surface area contributed by atoms with Crippen molar-refractivity contribution < 1.29 is 44.3 Å². The van der Waals surface area contributed by atoms with Gasteiger partial charge in [-0.3, -0.25) is 0 Å². The molecule has 16 heteroatoms. The number of nitrogens with zero attached hydrogens (tertiary/aromatic N) is 3. The molecule has 204 valence electrons. The number of anilines is 2. The number of benzene rings is 3. The first kappa shape index (κ1) is 27.4. The molecule has 1 aromatic heterocycles. The van der Waals surface area contributed by atoms with Crippen LogP contribution < -0.4 is 10.6 Å². The van der Waals surface area contributed by atoms with Gasteiger partial charge >= 0.3 is 24.6 Å². The Morgan fingerprint density at radius 3 is 1.87 bits per heavy atom. The monoisotopic (exact) mass is 560 g/mol. The van der Waals surface area contributed by atoms with E-state index in [9.17, 15) is 44.3 Å². The topological polar surface area (TPSA) is 95.6 Å². The molecular weight excluding hydrogens is 547 g/mol. The van der Waals surface area contributed by atoms with Gasteiger partial charge in [0.25, 0.3) is 0 Å². The number of alkyl halides is 9. The summed E-state index contributed by atoms with van der Waals surface area (Å²) in [6, 6.07) is 7.62. The fraction of sp³-hybridized carbons (Fsp3) is 0.130. The fourth-order valence-corrected chi connectivity index (χ4v) is 3.49. The summed E-state index contributed by atoms with van der Waals surface area (Å²) < 4.78 is 118. The maximum absolute atomic E-state index is 13.1. The Hall–Kier alpha value is -4.63. The molecule has 2 amide bonds. The van der Waals surface area contributed by atoms with Gasteiger partial charge in [0, 0.05) is 11.3 Å². The van der Waals surface area contributed by atoms with Crippen molar-refractivity contribution in [1.29, 1.82) is 0 Å². The van der Waals surface area contributed by atoms with Crippen molar-refractivity contribution in [2.75, 3.05) is 10.6 Å². The third-order valence-corrected chi connectivity index (χ3v) is 5.24. The molecule has 0 aliphatic carbocycles. The number of carbonyl (C=O) groups is 1. The second-order valence-corrected chi connectivity index (χ2v) is 7.96. The lowest BCUT2D eigenvalue weighted by molar-refractivity contribution is -0.143. The van der Waals surface area contributed by atoms with Gasteiger partial charge in [-0.25, -0.2) is 9.89 Å². The molecule has 0 saturated carbocycles. The van der Waals surface area contributed by atoms with Crippen LogP contribution in [0.2, 0.25) is 0 Å². The molecule has 1 heterocycles. The van der Waals surface area contributed by atoms with Crippen LogP contribution in [0.25, 0.3) is 22.5 Å². The highest BCUT2D eigenvalue weighted by Gasteiger charge is 2.37. The minimum Gasteiger partial charge on any atom is -0.308 e. The van der Waals surface area contributed by atoms with E-state index in [1.807, 2.05) is 5.32 Å². The van der Waals surface area contributed by atoms with Crippen molar-refractivity contribution in [3.63, 3.8) is 0 Å². The first-order chi connectivity index (χ1) is 18.1. The zero-order valence-corrected chi connectivity index (χ0v) is 18.9. The molecule has 0 radical (unpaired) electrons. The van der Waals surface area contributed by atoms with Crippen molar-refractivity contribution in [3.05, 3.63) is 77.4 Å². The van der Waals surface area contributed by atoms with Crippen LogP contribution in [0.5, 0.6) is 0 Å². The van der Waals surface area contributed by atoms with Crippen LogP contribution in [-0.2, 0) is 18.5 Å². The average molecular weight is 560 g/mol. The van der Waals surface area contributed by atoms with Crippen molar-refractivity contribution in [1.82, 2.24) is 20.6 Å². The minimum absolute atomic E-state index is 0.0439. The number of hydrogen-bond donors (Lipinski definition) is 3. The fourth-order valence-electron chi connectivity index (χ4n) is 3.49. The number of urea groups is 1. The molecule has 0 unspecified atom stereocenters. The Kier molecular flexibility index (Phi) is 6.97. The van der Waals surface area contributed by atoms with E-state index in [0.717, 1.165) is 12.1 Å². The Labute approximate surface area is 212 Å². The second-order valence-electron chi connectivity index (χ2n) is 7.96. The molecule has 4 rings (SSSR count). The van der Waals surface area contributed by atoms with Crippen LogP contribution in [0.4, 0.5) is 55.7 Å². The number of tetrazole rings is 1. The van der Waals surface area contributed by atoms with Gasteiger partial charge in [-0.2, -0.15) is 39.5 Å². The van der Waals surface area contributed by atoms with Gasteiger partial charge in [0.2, 0.25) is 0 Å². The summed E-state index contributed by atoms with van der Waals surface area (Å²) in [4.78, 5) is 12.6. The molecule has 3 aromatic carbocycles. The Balaban J connectivity index is 1.66. The Morgan fingerprint density at radius 2 is 1.31 bits per heavy atom. The SMILES string of the molecule is O=C(Nc1cc(C(F)(F)F)cc(C(F)(F)F)c1)Nc1ccc(-c2cccc(C(F)(F)F)c2)cc1-c1nnn[nH]1. The Bertz CT molecular complexity index is 1460. The van der Waals surface area contributed by atoms with Gasteiger partial charge in [-0.15, -0.1) is 5.10 Å². The average Bonchev–Trinajstić information content (AvgIpc) is 3.37. The second kappa shape index (κ2) is 9.92. The number of halogens is 9. The van der Waals surface area contributed by atoms with E-state index in [-0.39, 0.29) is 34.3 Å². The molecule has 0 fully saturated rings. The van der Waals surface area contributed by atoms with E-state index in [1.54, 1.807) is 0 Å². The summed E-state index contributed by atoms with van der Waals surface area (Å²) in [5.41, 5.74) is -4.57. The summed E-state index contributed by atoms with van der Waals surface area (Å²) in [6.07, 6.45) is -14.9. The molecule has 0 atom stereocenters. The summed E-state index contributed by atoms with van der Waals surface area (Å²) >= 11 is 0. The summed E-state index contributed by atoms with van der Waals surface area (Å²) in [5.74, 6) is -0.0439. The van der Waals surface area contributed by atoms with Gasteiger partial charge < -0.3 is 10.6 Å². The van der Waals surface area contributed by atoms with Crippen molar-refractivity contribution in [2.24, 2.45) is 0 Å². The van der Waals surface area contributed by atoms with E-state index < -0.39 is 46.9 Å². The van der Waals surface area contributed by atoms with Gasteiger partial charge in [-0.05, 0) is 64.0 Å². The maximum Gasteiger partial charge on any atom is 0.416 e. The van der Waals surface area contributed by atoms with Crippen LogP contribution >= 0.6 is 0 Å². The summed E-state index contributed by atoms with van der Waals surface area (Å²) in [5, 5.41) is 17.1. The number of aromatic nitrogens is 4. The maximum atomic E-state index is 13.1. The van der Waals surface area contributed by atoms with Crippen LogP contribution in [-0.4, -0.2) is 26.7 Å². The normalized spacial score (nSPS) is 12.3. The van der Waals surface area contributed by atoms with Crippen molar-refractivity contribution >= 4 is 17.4 Å². The molecule has 4 aromatic rings. The van der Waals surface area contributed by atoms with E-state index in [2.05, 4.69) is 25.9 Å². The number of nitrogens with one attached hydrogen (secondary N) is 3. The van der Waals surface area contributed by atoms with Crippen molar-refractivity contribution in [2.45, 2.75) is 18.5 Å². The van der Waals surface area contributed by atoms with Gasteiger partial charge in [0.1, 0.15) is 0 Å². The molecule has 39 heavy (non-hydrogen) atoms. The quantitative estimate of drug-likeness (QED) is 0.230. The smallest absolute Gasteiger partial charge is 0.308 e. The molecule has 0 spiro atoms. The highest BCUT2D eigenvalue weighted by Crippen LogP contribution is 2.38. The number of amides is 2. The molecule has 3 N–H and O–H groups in total. The molecule has 7 nitrogen and oxygen atoms in total. The summed E-state index contributed by atoms with van der Waals surface area (Å²) in [7, 11) is 0. The van der Waals surface area contributed by atoms with E-state index in [4.69, 9.17) is 0 Å². The molecular formula is C23H13F9N6O.